The summed E-state index contributed by atoms with van der Waals surface area (Å²) in [4.78, 5) is 27.9. The Bertz CT molecular complexity index is 397. The van der Waals surface area contributed by atoms with Crippen LogP contribution in [0.1, 0.15) is 32.6 Å². The molecule has 5 nitrogen and oxygen atoms in total. The summed E-state index contributed by atoms with van der Waals surface area (Å²) in [7, 11) is 0. The molecule has 2 amide bonds. The van der Waals surface area contributed by atoms with Crippen LogP contribution >= 0.6 is 12.2 Å². The minimum atomic E-state index is -0.617. The maximum atomic E-state index is 12.7. The summed E-state index contributed by atoms with van der Waals surface area (Å²) in [5, 5.41) is 0. The van der Waals surface area contributed by atoms with Gasteiger partial charge in [0.1, 0.15) is 0 Å². The van der Waals surface area contributed by atoms with Crippen molar-refractivity contribution in [2.45, 2.75) is 32.6 Å². The normalized spacial score (nSPS) is 22.4. The molecule has 0 aromatic heterocycles. The van der Waals surface area contributed by atoms with E-state index in [4.69, 9.17) is 18.0 Å². The fourth-order valence-electron chi connectivity index (χ4n) is 3.07. The first-order valence-corrected chi connectivity index (χ1v) is 7.23. The Labute approximate surface area is 119 Å². The zero-order valence-corrected chi connectivity index (χ0v) is 12.2. The van der Waals surface area contributed by atoms with Crippen molar-refractivity contribution in [1.82, 2.24) is 9.80 Å². The number of hydrogen-bond donors (Lipinski definition) is 1. The lowest BCUT2D eigenvalue weighted by molar-refractivity contribution is -0.143. The molecule has 0 aromatic rings. The van der Waals surface area contributed by atoms with Crippen molar-refractivity contribution in [2.24, 2.45) is 11.1 Å². The molecule has 0 unspecified atom stereocenters. The Morgan fingerprint density at radius 3 is 1.95 bits per heavy atom. The number of nitrogens with zero attached hydrogens (tertiary/aromatic N) is 2. The average molecular weight is 283 g/mol. The Balaban J connectivity index is 2.04. The van der Waals surface area contributed by atoms with E-state index in [9.17, 15) is 9.59 Å². The summed E-state index contributed by atoms with van der Waals surface area (Å²) >= 11 is 5.14. The SMILES string of the molecule is CC(=O)N1CCN(C(=O)C2(C(N)=S)CCCC2)CC1. The Kier molecular flexibility index (Phi) is 4.08. The molecule has 19 heavy (non-hydrogen) atoms. The standard InChI is InChI=1S/C13H21N3O2S/c1-10(17)15-6-8-16(9-7-15)12(18)13(11(14)19)4-2-3-5-13/h2-9H2,1H3,(H2,14,19). The highest BCUT2D eigenvalue weighted by Gasteiger charge is 2.46. The van der Waals surface area contributed by atoms with Crippen molar-refractivity contribution in [3.8, 4) is 0 Å². The first-order valence-electron chi connectivity index (χ1n) is 6.82. The minimum Gasteiger partial charge on any atom is -0.392 e. The van der Waals surface area contributed by atoms with Crippen molar-refractivity contribution in [2.75, 3.05) is 26.2 Å². The molecule has 0 aromatic carbocycles. The zero-order valence-electron chi connectivity index (χ0n) is 11.4. The lowest BCUT2D eigenvalue weighted by atomic mass is 9.84. The van der Waals surface area contributed by atoms with Crippen LogP contribution in [0.15, 0.2) is 0 Å². The number of hydrogen-bond acceptors (Lipinski definition) is 3. The molecule has 1 heterocycles. The van der Waals surface area contributed by atoms with E-state index < -0.39 is 5.41 Å². The van der Waals surface area contributed by atoms with Crippen LogP contribution in [0.4, 0.5) is 0 Å². The Morgan fingerprint density at radius 1 is 1.05 bits per heavy atom. The number of rotatable bonds is 2. The summed E-state index contributed by atoms with van der Waals surface area (Å²) in [5.74, 6) is 0.137. The molecule has 2 rings (SSSR count). The maximum absolute atomic E-state index is 12.7. The summed E-state index contributed by atoms with van der Waals surface area (Å²) in [6, 6.07) is 0. The second-order valence-electron chi connectivity index (χ2n) is 5.45. The molecule has 1 saturated carbocycles. The third kappa shape index (κ3) is 2.59. The van der Waals surface area contributed by atoms with Crippen LogP contribution in [-0.2, 0) is 9.59 Å². The lowest BCUT2D eigenvalue weighted by Gasteiger charge is -2.39. The predicted octanol–water partition coefficient (Wildman–Crippen LogP) is 0.524. The number of nitrogens with two attached hydrogens (primary N) is 1. The Hall–Kier alpha value is -1.17. The molecule has 2 fully saturated rings. The monoisotopic (exact) mass is 283 g/mol. The van der Waals surface area contributed by atoms with Crippen molar-refractivity contribution >= 4 is 29.0 Å². The molecule has 106 valence electrons. The molecular formula is C13H21N3O2S. The van der Waals surface area contributed by atoms with E-state index in [1.807, 2.05) is 4.90 Å². The molecule has 1 aliphatic carbocycles. The van der Waals surface area contributed by atoms with Gasteiger partial charge in [-0.1, -0.05) is 25.1 Å². The van der Waals surface area contributed by atoms with Crippen molar-refractivity contribution in [1.29, 1.82) is 0 Å². The van der Waals surface area contributed by atoms with Crippen LogP contribution in [0.2, 0.25) is 0 Å². The van der Waals surface area contributed by atoms with Gasteiger partial charge < -0.3 is 15.5 Å². The van der Waals surface area contributed by atoms with Gasteiger partial charge in [-0.25, -0.2) is 0 Å². The summed E-state index contributed by atoms with van der Waals surface area (Å²) < 4.78 is 0. The zero-order chi connectivity index (χ0) is 14.0. The molecule has 0 bridgehead atoms. The fraction of sp³-hybridized carbons (Fsp3) is 0.769. The van der Waals surface area contributed by atoms with Gasteiger partial charge >= 0.3 is 0 Å². The number of carbonyl (C=O) groups excluding carboxylic acids is 2. The maximum Gasteiger partial charge on any atom is 0.235 e. The second-order valence-corrected chi connectivity index (χ2v) is 5.89. The molecule has 1 aliphatic heterocycles. The average Bonchev–Trinajstić information content (AvgIpc) is 2.88. The van der Waals surface area contributed by atoms with Gasteiger partial charge in [0.2, 0.25) is 11.8 Å². The molecule has 6 heteroatoms. The third-order valence-corrected chi connectivity index (χ3v) is 4.74. The van der Waals surface area contributed by atoms with E-state index in [2.05, 4.69) is 0 Å². The van der Waals surface area contributed by atoms with Gasteiger partial charge in [-0.05, 0) is 12.8 Å². The largest absolute Gasteiger partial charge is 0.392 e. The van der Waals surface area contributed by atoms with E-state index in [0.29, 0.717) is 31.2 Å². The topological polar surface area (TPSA) is 66.6 Å². The second kappa shape index (κ2) is 5.45. The number of carbonyl (C=O) groups is 2. The van der Waals surface area contributed by atoms with Gasteiger partial charge in [-0.2, -0.15) is 0 Å². The highest BCUT2D eigenvalue weighted by Crippen LogP contribution is 2.40. The van der Waals surface area contributed by atoms with Crippen LogP contribution in [0, 0.1) is 5.41 Å². The van der Waals surface area contributed by atoms with Gasteiger partial charge in [0, 0.05) is 33.1 Å². The van der Waals surface area contributed by atoms with Crippen LogP contribution in [0.25, 0.3) is 0 Å². The Morgan fingerprint density at radius 2 is 1.53 bits per heavy atom. The third-order valence-electron chi connectivity index (χ3n) is 4.35. The summed E-state index contributed by atoms with van der Waals surface area (Å²) in [6.45, 7) is 3.94. The van der Waals surface area contributed by atoms with Gasteiger partial charge in [0.15, 0.2) is 0 Å². The molecule has 2 aliphatic rings. The first kappa shape index (κ1) is 14.2. The van der Waals surface area contributed by atoms with E-state index in [0.717, 1.165) is 25.7 Å². The smallest absolute Gasteiger partial charge is 0.235 e. The lowest BCUT2D eigenvalue weighted by Crippen LogP contribution is -2.56. The van der Waals surface area contributed by atoms with Crippen LogP contribution < -0.4 is 5.73 Å². The number of piperazine rings is 1. The van der Waals surface area contributed by atoms with Crippen molar-refractivity contribution in [3.63, 3.8) is 0 Å². The van der Waals surface area contributed by atoms with Crippen molar-refractivity contribution in [3.05, 3.63) is 0 Å². The first-order chi connectivity index (χ1) is 8.97. The van der Waals surface area contributed by atoms with Crippen LogP contribution in [-0.4, -0.2) is 52.8 Å². The summed E-state index contributed by atoms with van der Waals surface area (Å²) in [5.41, 5.74) is 5.22. The van der Waals surface area contributed by atoms with E-state index in [-0.39, 0.29) is 11.8 Å². The molecule has 0 atom stereocenters. The van der Waals surface area contributed by atoms with Crippen LogP contribution in [0.3, 0.4) is 0 Å². The van der Waals surface area contributed by atoms with Gasteiger partial charge in [0.05, 0.1) is 10.4 Å². The van der Waals surface area contributed by atoms with Crippen molar-refractivity contribution < 1.29 is 9.59 Å². The predicted molar refractivity (Wildman–Crippen MR) is 76.5 cm³/mol. The fourth-order valence-corrected chi connectivity index (χ4v) is 3.36. The van der Waals surface area contributed by atoms with E-state index in [1.165, 1.54) is 0 Å². The number of amides is 2. The van der Waals surface area contributed by atoms with Gasteiger partial charge in [-0.15, -0.1) is 0 Å². The highest BCUT2D eigenvalue weighted by atomic mass is 32.1. The number of thiocarbonyl (C=S) groups is 1. The molecule has 0 radical (unpaired) electrons. The minimum absolute atomic E-state index is 0.0667. The van der Waals surface area contributed by atoms with Gasteiger partial charge in [-0.3, -0.25) is 9.59 Å². The molecule has 1 saturated heterocycles. The van der Waals surface area contributed by atoms with E-state index in [1.54, 1.807) is 11.8 Å². The quantitative estimate of drug-likeness (QED) is 0.751. The molecule has 2 N–H and O–H groups in total. The van der Waals surface area contributed by atoms with E-state index >= 15 is 0 Å². The van der Waals surface area contributed by atoms with Gasteiger partial charge in [0.25, 0.3) is 0 Å². The molecule has 0 spiro atoms. The summed E-state index contributed by atoms with van der Waals surface area (Å²) in [6.07, 6.45) is 3.56. The highest BCUT2D eigenvalue weighted by molar-refractivity contribution is 7.80. The molecular weight excluding hydrogens is 262 g/mol. The van der Waals surface area contributed by atoms with Crippen LogP contribution in [0.5, 0.6) is 0 Å².